The Morgan fingerprint density at radius 1 is 1.03 bits per heavy atom. The number of ketones is 1. The number of hydrogen-bond acceptors (Lipinski definition) is 7. The van der Waals surface area contributed by atoms with Crippen LogP contribution in [0, 0.1) is 5.92 Å². The summed E-state index contributed by atoms with van der Waals surface area (Å²) in [6.07, 6.45) is 5.42. The molecule has 0 saturated heterocycles. The fourth-order valence-corrected chi connectivity index (χ4v) is 3.74. The number of aromatic nitrogens is 2. The number of ether oxygens (including phenoxy) is 3. The fraction of sp³-hybridized carbons (Fsp3) is 0.200. The number of Topliss-reactive ketones (excluding diaryl/α,β-unsaturated/α-hetero) is 1. The first-order valence-electron chi connectivity index (χ1n) is 10.3. The van der Waals surface area contributed by atoms with Crippen LogP contribution in [-0.4, -0.2) is 35.9 Å². The number of rotatable bonds is 10. The van der Waals surface area contributed by atoms with E-state index in [4.69, 9.17) is 37.4 Å². The lowest BCUT2D eigenvalue weighted by Gasteiger charge is -2.13. The third-order valence-electron chi connectivity index (χ3n) is 4.85. The number of halogens is 2. The third kappa shape index (κ3) is 6.79. The number of carbonyl (C=O) groups excluding carboxylic acids is 2. The predicted octanol–water partition coefficient (Wildman–Crippen LogP) is 6.05. The second kappa shape index (κ2) is 12.2. The van der Waals surface area contributed by atoms with Gasteiger partial charge in [0, 0.05) is 18.7 Å². The minimum Gasteiger partial charge on any atom is -0.481 e. The molecule has 3 aromatic rings. The van der Waals surface area contributed by atoms with Crippen molar-refractivity contribution >= 4 is 41.0 Å². The topological polar surface area (TPSA) is 87.6 Å². The largest absolute Gasteiger partial charge is 0.481 e. The summed E-state index contributed by atoms with van der Waals surface area (Å²) in [5.74, 6) is -0.516. The Morgan fingerprint density at radius 2 is 1.74 bits per heavy atom. The first-order valence-corrected chi connectivity index (χ1v) is 11.0. The Balaban J connectivity index is 1.63. The Labute approximate surface area is 207 Å². The molecule has 0 radical (unpaired) electrons. The molecule has 0 spiro atoms. The third-order valence-corrected chi connectivity index (χ3v) is 5.48. The van der Waals surface area contributed by atoms with Crippen molar-refractivity contribution < 1.29 is 23.8 Å². The number of methoxy groups -OCH3 is 2. The van der Waals surface area contributed by atoms with Gasteiger partial charge in [-0.1, -0.05) is 53.6 Å². The van der Waals surface area contributed by atoms with Crippen LogP contribution in [0.2, 0.25) is 10.0 Å². The van der Waals surface area contributed by atoms with Crippen LogP contribution in [0.5, 0.6) is 17.6 Å². The minimum absolute atomic E-state index is 0.0756. The summed E-state index contributed by atoms with van der Waals surface area (Å²) in [6, 6.07) is 13.8. The van der Waals surface area contributed by atoms with Crippen molar-refractivity contribution in [1.29, 1.82) is 0 Å². The van der Waals surface area contributed by atoms with Gasteiger partial charge >= 0.3 is 12.0 Å². The van der Waals surface area contributed by atoms with Gasteiger partial charge in [0.2, 0.25) is 5.88 Å². The molecule has 1 aromatic heterocycles. The Hall–Kier alpha value is -3.42. The normalized spacial score (nSPS) is 11.8. The lowest BCUT2D eigenvalue weighted by molar-refractivity contribution is -0.145. The molecule has 9 heteroatoms. The van der Waals surface area contributed by atoms with E-state index in [1.807, 2.05) is 24.3 Å². The molecule has 0 bridgehead atoms. The van der Waals surface area contributed by atoms with Gasteiger partial charge in [-0.25, -0.2) is 4.98 Å². The van der Waals surface area contributed by atoms with Gasteiger partial charge in [-0.05, 0) is 36.2 Å². The maximum absolute atomic E-state index is 12.7. The van der Waals surface area contributed by atoms with Crippen molar-refractivity contribution in [1.82, 2.24) is 9.97 Å². The van der Waals surface area contributed by atoms with Crippen molar-refractivity contribution in [3.63, 3.8) is 0 Å². The average molecular weight is 501 g/mol. The average Bonchev–Trinajstić information content (AvgIpc) is 2.84. The van der Waals surface area contributed by atoms with Crippen LogP contribution in [0.1, 0.15) is 28.8 Å². The van der Waals surface area contributed by atoms with E-state index in [9.17, 15) is 9.59 Å². The summed E-state index contributed by atoms with van der Waals surface area (Å²) in [6.45, 7) is 0. The second-order valence-corrected chi connectivity index (χ2v) is 7.95. The van der Waals surface area contributed by atoms with E-state index in [1.54, 1.807) is 42.6 Å². The lowest BCUT2D eigenvalue weighted by Crippen LogP contribution is -2.20. The van der Waals surface area contributed by atoms with Gasteiger partial charge < -0.3 is 14.2 Å². The molecule has 7 nitrogen and oxygen atoms in total. The highest BCUT2D eigenvalue weighted by Crippen LogP contribution is 2.28. The zero-order chi connectivity index (χ0) is 24.5. The summed E-state index contributed by atoms with van der Waals surface area (Å²) >= 11 is 12.2. The molecule has 1 atom stereocenters. The highest BCUT2D eigenvalue weighted by molar-refractivity contribution is 6.39. The van der Waals surface area contributed by atoms with Gasteiger partial charge in [-0.2, -0.15) is 4.98 Å². The summed E-state index contributed by atoms with van der Waals surface area (Å²) in [4.78, 5) is 33.1. The van der Waals surface area contributed by atoms with Crippen molar-refractivity contribution in [3.8, 4) is 17.6 Å². The van der Waals surface area contributed by atoms with Gasteiger partial charge in [0.15, 0.2) is 5.78 Å². The summed E-state index contributed by atoms with van der Waals surface area (Å²) in [7, 11) is 2.80. The summed E-state index contributed by atoms with van der Waals surface area (Å²) in [5, 5.41) is 0.497. The van der Waals surface area contributed by atoms with Crippen LogP contribution in [-0.2, 0) is 9.53 Å². The van der Waals surface area contributed by atoms with E-state index < -0.39 is 11.9 Å². The van der Waals surface area contributed by atoms with E-state index in [-0.39, 0.29) is 33.8 Å². The van der Waals surface area contributed by atoms with E-state index in [0.29, 0.717) is 18.1 Å². The number of carbonyl (C=O) groups is 2. The molecule has 176 valence electrons. The monoisotopic (exact) mass is 500 g/mol. The molecule has 0 N–H and O–H groups in total. The minimum atomic E-state index is -0.672. The van der Waals surface area contributed by atoms with Crippen LogP contribution in [0.25, 0.3) is 6.08 Å². The molecule has 0 aliphatic heterocycles. The van der Waals surface area contributed by atoms with Gasteiger partial charge in [0.05, 0.1) is 35.7 Å². The smallest absolute Gasteiger partial charge is 0.325 e. The zero-order valence-electron chi connectivity index (χ0n) is 18.5. The number of nitrogens with zero attached hydrogens (tertiary/aromatic N) is 2. The molecule has 0 amide bonds. The Kier molecular flexibility index (Phi) is 9.01. The molecular formula is C25H22Cl2N2O5. The quantitative estimate of drug-likeness (QED) is 0.247. The van der Waals surface area contributed by atoms with Gasteiger partial charge in [-0.3, -0.25) is 9.59 Å². The molecule has 1 heterocycles. The Morgan fingerprint density at radius 3 is 2.38 bits per heavy atom. The van der Waals surface area contributed by atoms with Crippen molar-refractivity contribution in [2.24, 2.45) is 5.92 Å². The molecular weight excluding hydrogens is 479 g/mol. The summed E-state index contributed by atoms with van der Waals surface area (Å²) in [5.41, 5.74) is 1.09. The van der Waals surface area contributed by atoms with E-state index in [0.717, 1.165) is 5.56 Å². The van der Waals surface area contributed by atoms with Crippen molar-refractivity contribution in [2.75, 3.05) is 14.2 Å². The van der Waals surface area contributed by atoms with Gasteiger partial charge in [0.25, 0.3) is 0 Å². The van der Waals surface area contributed by atoms with Gasteiger partial charge in [0.1, 0.15) is 5.75 Å². The van der Waals surface area contributed by atoms with Crippen LogP contribution in [0.3, 0.4) is 0 Å². The molecule has 0 aliphatic rings. The zero-order valence-corrected chi connectivity index (χ0v) is 20.0. The molecule has 2 aromatic carbocycles. The standard InChI is InChI=1S/C25H22Cl2N2O5/c1-32-22-13-14-28-25(29-22)34-18-11-9-16(10-12-18)5-3-6-17(24(31)33-2)15-21(30)23-19(26)7-4-8-20(23)27/h3-5,7-14,17H,6,15H2,1-2H3/b5-3+. The highest BCUT2D eigenvalue weighted by atomic mass is 35.5. The van der Waals surface area contributed by atoms with Crippen LogP contribution in [0.15, 0.2) is 60.8 Å². The highest BCUT2D eigenvalue weighted by Gasteiger charge is 2.24. The first-order chi connectivity index (χ1) is 16.4. The molecule has 1 unspecified atom stereocenters. The number of esters is 1. The maximum atomic E-state index is 12.7. The van der Waals surface area contributed by atoms with Crippen molar-refractivity contribution in [3.05, 3.63) is 82.0 Å². The van der Waals surface area contributed by atoms with Crippen LogP contribution in [0.4, 0.5) is 0 Å². The van der Waals surface area contributed by atoms with Crippen LogP contribution < -0.4 is 9.47 Å². The second-order valence-electron chi connectivity index (χ2n) is 7.13. The molecule has 0 saturated carbocycles. The molecule has 34 heavy (non-hydrogen) atoms. The number of benzene rings is 2. The first kappa shape index (κ1) is 25.2. The SMILES string of the molecule is COC(=O)C(C/C=C/c1ccc(Oc2nccc(OC)n2)cc1)CC(=O)c1c(Cl)cccc1Cl. The van der Waals surface area contributed by atoms with E-state index >= 15 is 0 Å². The van der Waals surface area contributed by atoms with E-state index in [2.05, 4.69) is 9.97 Å². The Bertz CT molecular complexity index is 1160. The number of hydrogen-bond donors (Lipinski definition) is 0. The lowest BCUT2D eigenvalue weighted by atomic mass is 9.95. The molecule has 3 rings (SSSR count). The van der Waals surface area contributed by atoms with Gasteiger partial charge in [-0.15, -0.1) is 0 Å². The van der Waals surface area contributed by atoms with Crippen molar-refractivity contribution in [2.45, 2.75) is 12.8 Å². The number of allylic oxidation sites excluding steroid dienone is 1. The predicted molar refractivity (Wildman–Crippen MR) is 130 cm³/mol. The maximum Gasteiger partial charge on any atom is 0.325 e. The molecule has 0 fully saturated rings. The molecule has 0 aliphatic carbocycles. The van der Waals surface area contributed by atoms with Crippen LogP contribution >= 0.6 is 23.2 Å². The van der Waals surface area contributed by atoms with E-state index in [1.165, 1.54) is 14.2 Å². The summed E-state index contributed by atoms with van der Waals surface area (Å²) < 4.78 is 15.5. The fourth-order valence-electron chi connectivity index (χ4n) is 3.13.